The highest BCUT2D eigenvalue weighted by atomic mass is 32.2. The Labute approximate surface area is 111 Å². The van der Waals surface area contributed by atoms with Gasteiger partial charge >= 0.3 is 0 Å². The summed E-state index contributed by atoms with van der Waals surface area (Å²) >= 11 is 1.96. The third-order valence-corrected chi connectivity index (χ3v) is 4.89. The third-order valence-electron chi connectivity index (χ3n) is 3.49. The molecule has 0 spiro atoms. The lowest BCUT2D eigenvalue weighted by molar-refractivity contribution is 0.666. The zero-order valence-corrected chi connectivity index (χ0v) is 11.2. The van der Waals surface area contributed by atoms with Gasteiger partial charge in [0.15, 0.2) is 0 Å². The molecule has 3 rings (SSSR count). The van der Waals surface area contributed by atoms with Crippen molar-refractivity contribution >= 4 is 17.6 Å². The summed E-state index contributed by atoms with van der Waals surface area (Å²) in [6, 6.07) is 3.87. The molecule has 2 N–H and O–H groups in total. The van der Waals surface area contributed by atoms with Gasteiger partial charge in [0.25, 0.3) is 0 Å². The van der Waals surface area contributed by atoms with Crippen LogP contribution >= 0.6 is 11.8 Å². The van der Waals surface area contributed by atoms with Crippen LogP contribution in [0.15, 0.2) is 30.9 Å². The Hall–Kier alpha value is -1.49. The number of nitrogens with zero attached hydrogens (tertiary/aromatic N) is 3. The molecule has 0 saturated heterocycles. The van der Waals surface area contributed by atoms with E-state index in [-0.39, 0.29) is 0 Å². The van der Waals surface area contributed by atoms with E-state index < -0.39 is 0 Å². The zero-order chi connectivity index (χ0) is 12.6. The number of pyridine rings is 1. The van der Waals surface area contributed by atoms with Crippen molar-refractivity contribution in [2.45, 2.75) is 24.1 Å². The number of hydrogen-bond donors (Lipinski definition) is 1. The molecule has 0 aromatic carbocycles. The maximum atomic E-state index is 5.74. The summed E-state index contributed by atoms with van der Waals surface area (Å²) in [5.41, 5.74) is 7.93. The monoisotopic (exact) mass is 260 g/mol. The number of imidazole rings is 1. The van der Waals surface area contributed by atoms with Crippen LogP contribution in [0.3, 0.4) is 0 Å². The summed E-state index contributed by atoms with van der Waals surface area (Å²) < 4.78 is 2.65. The van der Waals surface area contributed by atoms with Crippen molar-refractivity contribution in [1.29, 1.82) is 0 Å². The fraction of sp³-hybridized carbons (Fsp3) is 0.385. The first-order valence-corrected chi connectivity index (χ1v) is 7.22. The van der Waals surface area contributed by atoms with E-state index >= 15 is 0 Å². The van der Waals surface area contributed by atoms with Crippen molar-refractivity contribution in [1.82, 2.24) is 14.5 Å². The molecule has 0 unspecified atom stereocenters. The van der Waals surface area contributed by atoms with Gasteiger partial charge in [0, 0.05) is 23.1 Å². The van der Waals surface area contributed by atoms with Crippen LogP contribution in [0.25, 0.3) is 11.3 Å². The quantitative estimate of drug-likeness (QED) is 0.917. The normalized spacial score (nSPS) is 16.7. The van der Waals surface area contributed by atoms with E-state index in [4.69, 9.17) is 5.73 Å². The number of nitrogens with two attached hydrogens (primary N) is 1. The predicted molar refractivity (Wildman–Crippen MR) is 75.4 cm³/mol. The SMILES string of the molecule is CSC1(Cn2cncc2-c2ccnc(N)c2)CC1. The Balaban J connectivity index is 1.92. The Morgan fingerprint density at radius 2 is 2.33 bits per heavy atom. The second-order valence-corrected chi connectivity index (χ2v) is 6.04. The van der Waals surface area contributed by atoms with Crippen molar-refractivity contribution in [3.05, 3.63) is 30.9 Å². The van der Waals surface area contributed by atoms with E-state index in [9.17, 15) is 0 Å². The number of nitrogen functional groups attached to an aromatic ring is 1. The molecule has 4 nitrogen and oxygen atoms in total. The van der Waals surface area contributed by atoms with Gasteiger partial charge in [0.2, 0.25) is 0 Å². The lowest BCUT2D eigenvalue weighted by atomic mass is 10.2. The smallest absolute Gasteiger partial charge is 0.123 e. The van der Waals surface area contributed by atoms with Crippen LogP contribution in [0.5, 0.6) is 0 Å². The Morgan fingerprint density at radius 3 is 3.00 bits per heavy atom. The van der Waals surface area contributed by atoms with Crippen molar-refractivity contribution in [2.24, 2.45) is 0 Å². The molecule has 2 aromatic rings. The van der Waals surface area contributed by atoms with E-state index in [1.807, 2.05) is 36.4 Å². The Kier molecular flexibility index (Phi) is 2.78. The van der Waals surface area contributed by atoms with Crippen LogP contribution < -0.4 is 5.73 Å². The van der Waals surface area contributed by atoms with Gasteiger partial charge in [0.05, 0.1) is 18.2 Å². The minimum atomic E-state index is 0.425. The third kappa shape index (κ3) is 2.10. The van der Waals surface area contributed by atoms with Crippen molar-refractivity contribution in [3.63, 3.8) is 0 Å². The molecule has 1 aliphatic carbocycles. The van der Waals surface area contributed by atoms with Gasteiger partial charge in [-0.25, -0.2) is 9.97 Å². The summed E-state index contributed by atoms with van der Waals surface area (Å²) in [5.74, 6) is 0.547. The molecule has 0 aliphatic heterocycles. The van der Waals surface area contributed by atoms with Crippen molar-refractivity contribution in [2.75, 3.05) is 12.0 Å². The van der Waals surface area contributed by atoms with E-state index in [1.165, 1.54) is 12.8 Å². The first-order chi connectivity index (χ1) is 8.72. The number of rotatable bonds is 4. The fourth-order valence-corrected chi connectivity index (χ4v) is 2.95. The minimum absolute atomic E-state index is 0.425. The molecule has 1 saturated carbocycles. The van der Waals surface area contributed by atoms with Crippen LogP contribution in [-0.2, 0) is 6.54 Å². The highest BCUT2D eigenvalue weighted by Crippen LogP contribution is 2.48. The first-order valence-electron chi connectivity index (χ1n) is 6.00. The second-order valence-electron chi connectivity index (χ2n) is 4.76. The summed E-state index contributed by atoms with van der Waals surface area (Å²) in [6.07, 6.45) is 10.3. The topological polar surface area (TPSA) is 56.7 Å². The van der Waals surface area contributed by atoms with Crippen molar-refractivity contribution in [3.8, 4) is 11.3 Å². The van der Waals surface area contributed by atoms with Gasteiger partial charge in [-0.15, -0.1) is 0 Å². The average molecular weight is 260 g/mol. The van der Waals surface area contributed by atoms with Gasteiger partial charge in [-0.1, -0.05) is 0 Å². The molecule has 2 aromatic heterocycles. The van der Waals surface area contributed by atoms with Gasteiger partial charge in [-0.2, -0.15) is 11.8 Å². The van der Waals surface area contributed by atoms with Gasteiger partial charge in [0.1, 0.15) is 5.82 Å². The molecular weight excluding hydrogens is 244 g/mol. The summed E-state index contributed by atoms with van der Waals surface area (Å²) in [4.78, 5) is 8.29. The molecule has 0 bridgehead atoms. The number of thioether (sulfide) groups is 1. The predicted octanol–water partition coefficient (Wildman–Crippen LogP) is 2.42. The molecule has 18 heavy (non-hydrogen) atoms. The van der Waals surface area contributed by atoms with Crippen LogP contribution in [-0.4, -0.2) is 25.5 Å². The van der Waals surface area contributed by atoms with Gasteiger partial charge in [-0.05, 0) is 31.2 Å². The summed E-state index contributed by atoms with van der Waals surface area (Å²) in [5, 5.41) is 0. The number of hydrogen-bond acceptors (Lipinski definition) is 4. The lowest BCUT2D eigenvalue weighted by Crippen LogP contribution is -2.13. The summed E-state index contributed by atoms with van der Waals surface area (Å²) in [6.45, 7) is 1.02. The minimum Gasteiger partial charge on any atom is -0.384 e. The number of anilines is 1. The Bertz CT molecular complexity index is 560. The standard InChI is InChI=1S/C13H16N4S/c1-18-13(3-4-13)8-17-9-15-7-11(17)10-2-5-16-12(14)6-10/h2,5-7,9H,3-4,8H2,1H3,(H2,14,16). The molecule has 2 heterocycles. The van der Waals surface area contributed by atoms with Crippen LogP contribution in [0.4, 0.5) is 5.82 Å². The Morgan fingerprint density at radius 1 is 1.50 bits per heavy atom. The molecule has 1 aliphatic rings. The fourth-order valence-electron chi connectivity index (χ4n) is 2.17. The molecule has 1 fully saturated rings. The molecule has 0 amide bonds. The first kappa shape index (κ1) is 11.6. The van der Waals surface area contributed by atoms with Gasteiger partial charge in [-0.3, -0.25) is 0 Å². The zero-order valence-electron chi connectivity index (χ0n) is 10.3. The lowest BCUT2D eigenvalue weighted by Gasteiger charge is -2.15. The highest BCUT2D eigenvalue weighted by Gasteiger charge is 2.42. The molecule has 0 radical (unpaired) electrons. The molecule has 94 valence electrons. The maximum absolute atomic E-state index is 5.74. The number of aromatic nitrogens is 3. The summed E-state index contributed by atoms with van der Waals surface area (Å²) in [7, 11) is 0. The van der Waals surface area contributed by atoms with Crippen LogP contribution in [0, 0.1) is 0 Å². The van der Waals surface area contributed by atoms with Crippen molar-refractivity contribution < 1.29 is 0 Å². The largest absolute Gasteiger partial charge is 0.384 e. The molecule has 0 atom stereocenters. The molecular formula is C13H16N4S. The van der Waals surface area contributed by atoms with E-state index in [0.717, 1.165) is 17.8 Å². The van der Waals surface area contributed by atoms with Crippen LogP contribution in [0.2, 0.25) is 0 Å². The molecule has 5 heteroatoms. The van der Waals surface area contributed by atoms with E-state index in [0.29, 0.717) is 10.6 Å². The van der Waals surface area contributed by atoms with Gasteiger partial charge < -0.3 is 10.3 Å². The highest BCUT2D eigenvalue weighted by molar-refractivity contribution is 8.00. The second kappa shape index (κ2) is 4.31. The van der Waals surface area contributed by atoms with Crippen LogP contribution in [0.1, 0.15) is 12.8 Å². The van der Waals surface area contributed by atoms with E-state index in [1.54, 1.807) is 6.20 Å². The average Bonchev–Trinajstić information content (AvgIpc) is 2.99. The maximum Gasteiger partial charge on any atom is 0.123 e. The van der Waals surface area contributed by atoms with E-state index in [2.05, 4.69) is 20.8 Å².